The molecular formula is C18H20N2S. The Morgan fingerprint density at radius 1 is 1.05 bits per heavy atom. The van der Waals surface area contributed by atoms with E-state index in [1.165, 1.54) is 21.0 Å². The van der Waals surface area contributed by atoms with Crippen molar-refractivity contribution in [1.82, 2.24) is 4.57 Å². The number of thiophene rings is 1. The van der Waals surface area contributed by atoms with E-state index in [0.29, 0.717) is 6.04 Å². The molecule has 0 bridgehead atoms. The van der Waals surface area contributed by atoms with Gasteiger partial charge in [0, 0.05) is 39.6 Å². The molecule has 0 spiro atoms. The maximum atomic E-state index is 3.61. The fraction of sp³-hybridized carbons (Fsp3) is 0.222. The van der Waals surface area contributed by atoms with Crippen molar-refractivity contribution in [3.8, 4) is 5.69 Å². The third kappa shape index (κ3) is 3.03. The van der Waals surface area contributed by atoms with Crippen LogP contribution < -0.4 is 5.32 Å². The summed E-state index contributed by atoms with van der Waals surface area (Å²) in [5.41, 5.74) is 3.72. The molecule has 1 N–H and O–H groups in total. The number of anilines is 1. The Labute approximate surface area is 130 Å². The number of rotatable bonds is 4. The summed E-state index contributed by atoms with van der Waals surface area (Å²) in [4.78, 5) is 2.77. The predicted octanol–water partition coefficient (Wildman–Crippen LogP) is 5.33. The second-order valence-electron chi connectivity index (χ2n) is 5.38. The largest absolute Gasteiger partial charge is 0.378 e. The third-order valence-electron chi connectivity index (χ3n) is 3.68. The molecule has 1 atom stereocenters. The van der Waals surface area contributed by atoms with Crippen molar-refractivity contribution in [1.29, 1.82) is 0 Å². The monoisotopic (exact) mass is 296 g/mol. The van der Waals surface area contributed by atoms with Crippen molar-refractivity contribution in [2.75, 3.05) is 5.32 Å². The Hall–Kier alpha value is -2.00. The van der Waals surface area contributed by atoms with E-state index in [0.717, 1.165) is 5.69 Å². The van der Waals surface area contributed by atoms with Crippen LogP contribution in [0.3, 0.4) is 0 Å². The molecule has 3 rings (SSSR count). The van der Waals surface area contributed by atoms with Crippen LogP contribution in [-0.4, -0.2) is 4.57 Å². The highest BCUT2D eigenvalue weighted by Gasteiger charge is 2.11. The summed E-state index contributed by atoms with van der Waals surface area (Å²) >= 11 is 1.87. The number of hydrogen-bond acceptors (Lipinski definition) is 2. The van der Waals surface area contributed by atoms with Crippen LogP contribution in [0.15, 0.2) is 54.9 Å². The zero-order chi connectivity index (χ0) is 14.8. The van der Waals surface area contributed by atoms with Gasteiger partial charge in [0.05, 0.1) is 0 Å². The van der Waals surface area contributed by atoms with Crippen LogP contribution in [-0.2, 0) is 0 Å². The Morgan fingerprint density at radius 3 is 2.48 bits per heavy atom. The van der Waals surface area contributed by atoms with Gasteiger partial charge in [-0.2, -0.15) is 0 Å². The molecule has 0 amide bonds. The minimum Gasteiger partial charge on any atom is -0.378 e. The lowest BCUT2D eigenvalue weighted by Gasteiger charge is -2.16. The minimum absolute atomic E-state index is 0.315. The maximum absolute atomic E-state index is 3.61. The Kier molecular flexibility index (Phi) is 3.84. The van der Waals surface area contributed by atoms with E-state index in [4.69, 9.17) is 0 Å². The molecule has 0 saturated heterocycles. The average molecular weight is 296 g/mol. The fourth-order valence-electron chi connectivity index (χ4n) is 2.67. The van der Waals surface area contributed by atoms with Gasteiger partial charge in [-0.15, -0.1) is 11.3 Å². The molecule has 2 nitrogen and oxygen atoms in total. The minimum atomic E-state index is 0.315. The van der Waals surface area contributed by atoms with Gasteiger partial charge in [-0.05, 0) is 62.7 Å². The van der Waals surface area contributed by atoms with E-state index in [1.54, 1.807) is 0 Å². The van der Waals surface area contributed by atoms with E-state index >= 15 is 0 Å². The first-order valence-electron chi connectivity index (χ1n) is 7.20. The molecule has 0 aliphatic carbocycles. The number of aryl methyl sites for hydroxylation is 2. The highest BCUT2D eigenvalue weighted by Crippen LogP contribution is 2.29. The Bertz CT molecular complexity index is 726. The van der Waals surface area contributed by atoms with Crippen LogP contribution in [0.2, 0.25) is 0 Å². The van der Waals surface area contributed by atoms with Crippen molar-refractivity contribution < 1.29 is 0 Å². The van der Waals surface area contributed by atoms with Crippen molar-refractivity contribution in [2.45, 2.75) is 26.8 Å². The summed E-state index contributed by atoms with van der Waals surface area (Å²) in [6.45, 7) is 6.58. The van der Waals surface area contributed by atoms with E-state index in [9.17, 15) is 0 Å². The van der Waals surface area contributed by atoms with Gasteiger partial charge in [-0.25, -0.2) is 0 Å². The zero-order valence-corrected chi connectivity index (χ0v) is 13.4. The van der Waals surface area contributed by atoms with Gasteiger partial charge < -0.3 is 9.88 Å². The van der Waals surface area contributed by atoms with E-state index < -0.39 is 0 Å². The number of hydrogen-bond donors (Lipinski definition) is 1. The number of nitrogens with zero attached hydrogens (tertiary/aromatic N) is 1. The highest BCUT2D eigenvalue weighted by atomic mass is 32.1. The first-order chi connectivity index (χ1) is 10.1. The van der Waals surface area contributed by atoms with Gasteiger partial charge in [0.15, 0.2) is 0 Å². The molecule has 0 aliphatic heterocycles. The molecule has 3 aromatic rings. The first-order valence-corrected chi connectivity index (χ1v) is 8.02. The van der Waals surface area contributed by atoms with Gasteiger partial charge >= 0.3 is 0 Å². The molecule has 1 aromatic carbocycles. The summed E-state index contributed by atoms with van der Waals surface area (Å²) in [5.74, 6) is 0. The molecule has 0 aliphatic rings. The Morgan fingerprint density at radius 2 is 1.81 bits per heavy atom. The van der Waals surface area contributed by atoms with Crippen LogP contribution in [0.4, 0.5) is 5.69 Å². The molecular weight excluding hydrogens is 276 g/mol. The zero-order valence-electron chi connectivity index (χ0n) is 12.6. The summed E-state index contributed by atoms with van der Waals surface area (Å²) in [5, 5.41) is 3.61. The lowest BCUT2D eigenvalue weighted by Crippen LogP contribution is -2.07. The molecule has 0 fully saturated rings. The van der Waals surface area contributed by atoms with Crippen LogP contribution in [0, 0.1) is 13.8 Å². The molecule has 0 radical (unpaired) electrons. The smallest absolute Gasteiger partial charge is 0.0496 e. The first kappa shape index (κ1) is 14.0. The quantitative estimate of drug-likeness (QED) is 0.688. The van der Waals surface area contributed by atoms with Crippen LogP contribution in [0.25, 0.3) is 5.69 Å². The molecule has 108 valence electrons. The fourth-order valence-corrected chi connectivity index (χ4v) is 3.69. The van der Waals surface area contributed by atoms with Crippen molar-refractivity contribution in [2.24, 2.45) is 0 Å². The molecule has 21 heavy (non-hydrogen) atoms. The van der Waals surface area contributed by atoms with Gasteiger partial charge in [-0.1, -0.05) is 6.07 Å². The SMILES string of the molecule is Cc1cc(C(C)Nc2cccc(-n3cccc3)c2)c(C)s1. The molecule has 3 heteroatoms. The van der Waals surface area contributed by atoms with Crippen molar-refractivity contribution in [3.05, 3.63) is 70.2 Å². The third-order valence-corrected chi connectivity index (χ3v) is 4.66. The average Bonchev–Trinajstić information content (AvgIpc) is 3.08. The molecule has 2 heterocycles. The second kappa shape index (κ2) is 5.78. The topological polar surface area (TPSA) is 17.0 Å². The summed E-state index contributed by atoms with van der Waals surface area (Å²) in [6, 6.07) is 15.2. The number of aromatic nitrogens is 1. The predicted molar refractivity (Wildman–Crippen MR) is 91.6 cm³/mol. The maximum Gasteiger partial charge on any atom is 0.0496 e. The Balaban J connectivity index is 1.82. The van der Waals surface area contributed by atoms with Crippen LogP contribution >= 0.6 is 11.3 Å². The summed E-state index contributed by atoms with van der Waals surface area (Å²) in [7, 11) is 0. The van der Waals surface area contributed by atoms with E-state index in [1.807, 2.05) is 23.5 Å². The molecule has 2 aromatic heterocycles. The van der Waals surface area contributed by atoms with E-state index in [2.05, 4.69) is 73.4 Å². The second-order valence-corrected chi connectivity index (χ2v) is 6.84. The van der Waals surface area contributed by atoms with Gasteiger partial charge in [0.25, 0.3) is 0 Å². The van der Waals surface area contributed by atoms with Crippen molar-refractivity contribution in [3.63, 3.8) is 0 Å². The van der Waals surface area contributed by atoms with Gasteiger partial charge in [0.1, 0.15) is 0 Å². The van der Waals surface area contributed by atoms with Crippen LogP contribution in [0.5, 0.6) is 0 Å². The van der Waals surface area contributed by atoms with Gasteiger partial charge in [-0.3, -0.25) is 0 Å². The number of benzene rings is 1. The normalized spacial score (nSPS) is 12.3. The summed E-state index contributed by atoms with van der Waals surface area (Å²) < 4.78 is 2.12. The van der Waals surface area contributed by atoms with Gasteiger partial charge in [0.2, 0.25) is 0 Å². The lowest BCUT2D eigenvalue weighted by molar-refractivity contribution is 0.881. The molecule has 1 unspecified atom stereocenters. The summed E-state index contributed by atoms with van der Waals surface area (Å²) in [6.07, 6.45) is 4.13. The van der Waals surface area contributed by atoms with Crippen LogP contribution in [0.1, 0.15) is 28.3 Å². The highest BCUT2D eigenvalue weighted by molar-refractivity contribution is 7.12. The standard InChI is InChI=1S/C18H20N2S/c1-13-11-18(15(3)21-13)14(2)19-16-7-6-8-17(12-16)20-9-4-5-10-20/h4-12,14,19H,1-3H3. The van der Waals surface area contributed by atoms with E-state index in [-0.39, 0.29) is 0 Å². The number of nitrogens with one attached hydrogen (secondary N) is 1. The molecule has 0 saturated carbocycles. The lowest BCUT2D eigenvalue weighted by atomic mass is 10.1. The van der Waals surface area contributed by atoms with Crippen molar-refractivity contribution >= 4 is 17.0 Å².